The van der Waals surface area contributed by atoms with E-state index in [1.165, 1.54) is 17.8 Å². The Bertz CT molecular complexity index is 1050. The van der Waals surface area contributed by atoms with E-state index in [-0.39, 0.29) is 11.4 Å². The maximum atomic E-state index is 14.4. The van der Waals surface area contributed by atoms with Crippen LogP contribution >= 0.6 is 11.8 Å². The number of carbonyl (C=O) groups excluding carboxylic acids is 2. The van der Waals surface area contributed by atoms with Crippen LogP contribution in [0.2, 0.25) is 0 Å². The third kappa shape index (κ3) is 2.42. The second kappa shape index (κ2) is 6.25. The monoisotopic (exact) mass is 372 g/mol. The Balaban J connectivity index is 1.98. The molecule has 0 spiro atoms. The van der Waals surface area contributed by atoms with Gasteiger partial charge in [-0.25, -0.2) is 8.78 Å². The van der Waals surface area contributed by atoms with Crippen molar-refractivity contribution in [3.63, 3.8) is 0 Å². The molecule has 0 bridgehead atoms. The maximum Gasteiger partial charge on any atom is 0.238 e. The number of amides is 1. The fourth-order valence-electron chi connectivity index (χ4n) is 3.43. The summed E-state index contributed by atoms with van der Waals surface area (Å²) < 4.78 is 29.6. The number of aldehydes is 1. The first-order valence-electron chi connectivity index (χ1n) is 7.95. The molecule has 0 saturated heterocycles. The molecule has 132 valence electrons. The molecule has 0 fully saturated rings. The van der Waals surface area contributed by atoms with Crippen LogP contribution in [0.3, 0.4) is 0 Å². The molecule has 7 heteroatoms. The fraction of sp³-hybridized carbons (Fsp3) is 0.158. The highest BCUT2D eigenvalue weighted by molar-refractivity contribution is 8.00. The SMILES string of the molecule is Cn1c2c(c3ccccc31)C(C=O)N(c1ccc(F)cc1F)C(=O)CS2. The molecule has 0 aliphatic carbocycles. The molecule has 2 heterocycles. The minimum absolute atomic E-state index is 0.0539. The van der Waals surface area contributed by atoms with Gasteiger partial charge in [-0.2, -0.15) is 0 Å². The predicted octanol–water partition coefficient (Wildman–Crippen LogP) is 3.84. The van der Waals surface area contributed by atoms with Crippen LogP contribution in [0.5, 0.6) is 0 Å². The molecule has 4 nitrogen and oxygen atoms in total. The Kier molecular flexibility index (Phi) is 4.03. The number of hydrogen-bond acceptors (Lipinski definition) is 3. The van der Waals surface area contributed by atoms with Gasteiger partial charge in [-0.15, -0.1) is 0 Å². The smallest absolute Gasteiger partial charge is 0.238 e. The number of aryl methyl sites for hydroxylation is 1. The normalized spacial score (nSPS) is 17.3. The summed E-state index contributed by atoms with van der Waals surface area (Å²) in [6.45, 7) is 0. The van der Waals surface area contributed by atoms with Gasteiger partial charge in [0.25, 0.3) is 0 Å². The van der Waals surface area contributed by atoms with Crippen LogP contribution in [-0.2, 0) is 16.6 Å². The van der Waals surface area contributed by atoms with Gasteiger partial charge in [0, 0.05) is 29.6 Å². The molecule has 26 heavy (non-hydrogen) atoms. The van der Waals surface area contributed by atoms with Gasteiger partial charge in [0.2, 0.25) is 5.91 Å². The van der Waals surface area contributed by atoms with Crippen molar-refractivity contribution in [2.45, 2.75) is 11.1 Å². The minimum Gasteiger partial charge on any atom is -0.339 e. The van der Waals surface area contributed by atoms with Gasteiger partial charge in [-0.3, -0.25) is 9.69 Å². The summed E-state index contributed by atoms with van der Waals surface area (Å²) in [5, 5.41) is 1.62. The van der Waals surface area contributed by atoms with E-state index in [0.29, 0.717) is 17.9 Å². The molecule has 0 radical (unpaired) electrons. The fourth-order valence-corrected chi connectivity index (χ4v) is 4.51. The molecule has 3 aromatic rings. The summed E-state index contributed by atoms with van der Waals surface area (Å²) in [6, 6.07) is 9.55. The third-order valence-electron chi connectivity index (χ3n) is 4.56. The second-order valence-corrected chi connectivity index (χ2v) is 6.99. The first-order chi connectivity index (χ1) is 12.5. The lowest BCUT2D eigenvalue weighted by atomic mass is 10.0. The van der Waals surface area contributed by atoms with Crippen molar-refractivity contribution in [3.8, 4) is 0 Å². The number of anilines is 1. The summed E-state index contributed by atoms with van der Waals surface area (Å²) >= 11 is 1.31. The van der Waals surface area contributed by atoms with Crippen LogP contribution in [0.1, 0.15) is 11.6 Å². The number of aromatic nitrogens is 1. The standard InChI is InChI=1S/C19H14F2N2O2S/c1-22-14-5-3-2-4-12(14)18-16(9-24)23(17(25)10-26-19(18)22)15-7-6-11(20)8-13(15)21/h2-9,16H,10H2,1H3. The maximum absolute atomic E-state index is 14.4. The van der Waals surface area contributed by atoms with Crippen LogP contribution in [0, 0.1) is 11.6 Å². The predicted molar refractivity (Wildman–Crippen MR) is 96.3 cm³/mol. The molecular formula is C19H14F2N2O2S. The van der Waals surface area contributed by atoms with Gasteiger partial charge in [-0.1, -0.05) is 30.0 Å². The lowest BCUT2D eigenvalue weighted by molar-refractivity contribution is -0.119. The Labute approximate surface area is 152 Å². The number of halogens is 2. The van der Waals surface area contributed by atoms with Gasteiger partial charge in [0.05, 0.1) is 16.5 Å². The number of carbonyl (C=O) groups is 2. The van der Waals surface area contributed by atoms with E-state index in [0.717, 1.165) is 26.9 Å². The number of hydrogen-bond donors (Lipinski definition) is 0. The van der Waals surface area contributed by atoms with Crippen molar-refractivity contribution in [2.75, 3.05) is 10.7 Å². The number of nitrogens with zero attached hydrogens (tertiary/aromatic N) is 2. The van der Waals surface area contributed by atoms with Crippen LogP contribution in [0.4, 0.5) is 14.5 Å². The van der Waals surface area contributed by atoms with Crippen molar-refractivity contribution >= 4 is 40.5 Å². The van der Waals surface area contributed by atoms with E-state index in [1.807, 2.05) is 35.9 Å². The average molecular weight is 372 g/mol. The average Bonchev–Trinajstić information content (AvgIpc) is 2.81. The molecule has 1 amide bonds. The van der Waals surface area contributed by atoms with Crippen molar-refractivity contribution < 1.29 is 18.4 Å². The molecule has 2 aromatic carbocycles. The van der Waals surface area contributed by atoms with Crippen molar-refractivity contribution in [1.29, 1.82) is 0 Å². The number of rotatable bonds is 2. The van der Waals surface area contributed by atoms with Crippen molar-refractivity contribution in [1.82, 2.24) is 4.57 Å². The molecule has 1 unspecified atom stereocenters. The second-order valence-electron chi connectivity index (χ2n) is 6.02. The van der Waals surface area contributed by atoms with E-state index >= 15 is 0 Å². The van der Waals surface area contributed by atoms with Gasteiger partial charge >= 0.3 is 0 Å². The van der Waals surface area contributed by atoms with Crippen LogP contribution in [-0.4, -0.2) is 22.5 Å². The van der Waals surface area contributed by atoms with E-state index in [4.69, 9.17) is 0 Å². The van der Waals surface area contributed by atoms with E-state index in [1.54, 1.807) is 0 Å². The van der Waals surface area contributed by atoms with Crippen LogP contribution in [0.15, 0.2) is 47.5 Å². The topological polar surface area (TPSA) is 42.3 Å². The van der Waals surface area contributed by atoms with Crippen molar-refractivity contribution in [3.05, 3.63) is 59.7 Å². The Morgan fingerprint density at radius 3 is 2.69 bits per heavy atom. The van der Waals surface area contributed by atoms with Gasteiger partial charge in [0.1, 0.15) is 24.0 Å². The van der Waals surface area contributed by atoms with Crippen molar-refractivity contribution in [2.24, 2.45) is 7.05 Å². The Morgan fingerprint density at radius 2 is 1.96 bits per heavy atom. The summed E-state index contributed by atoms with van der Waals surface area (Å²) in [7, 11) is 1.87. The van der Waals surface area contributed by atoms with E-state index < -0.39 is 23.6 Å². The number of thioether (sulfide) groups is 1. The molecule has 0 N–H and O–H groups in total. The molecule has 1 aromatic heterocycles. The van der Waals surface area contributed by atoms with Crippen LogP contribution in [0.25, 0.3) is 10.9 Å². The van der Waals surface area contributed by atoms with E-state index in [2.05, 4.69) is 0 Å². The number of benzene rings is 2. The number of fused-ring (bicyclic) bond motifs is 3. The van der Waals surface area contributed by atoms with E-state index in [9.17, 15) is 18.4 Å². The third-order valence-corrected chi connectivity index (χ3v) is 5.72. The summed E-state index contributed by atoms with van der Waals surface area (Å²) in [6.07, 6.45) is 0.637. The molecule has 4 rings (SSSR count). The lowest BCUT2D eigenvalue weighted by Crippen LogP contribution is -2.36. The zero-order valence-corrected chi connectivity index (χ0v) is 14.6. The number of para-hydroxylation sites is 1. The summed E-state index contributed by atoms with van der Waals surface area (Å²) in [5.74, 6) is -1.97. The Hall–Kier alpha value is -2.67. The molecule has 1 atom stereocenters. The van der Waals surface area contributed by atoms with Crippen LogP contribution < -0.4 is 4.90 Å². The molecule has 1 aliphatic rings. The molecule has 0 saturated carbocycles. The van der Waals surface area contributed by atoms with Gasteiger partial charge < -0.3 is 9.36 Å². The highest BCUT2D eigenvalue weighted by atomic mass is 32.2. The zero-order valence-electron chi connectivity index (χ0n) is 13.8. The minimum atomic E-state index is -0.987. The summed E-state index contributed by atoms with van der Waals surface area (Å²) in [5.41, 5.74) is 1.48. The molecule has 1 aliphatic heterocycles. The summed E-state index contributed by atoms with van der Waals surface area (Å²) in [4.78, 5) is 25.9. The highest BCUT2D eigenvalue weighted by Gasteiger charge is 2.36. The quantitative estimate of drug-likeness (QED) is 0.642. The zero-order chi connectivity index (χ0) is 18.4. The first-order valence-corrected chi connectivity index (χ1v) is 8.94. The van der Waals surface area contributed by atoms with Gasteiger partial charge in [0.15, 0.2) is 0 Å². The molecular weight excluding hydrogens is 358 g/mol. The first kappa shape index (κ1) is 16.8. The Morgan fingerprint density at radius 1 is 1.19 bits per heavy atom. The highest BCUT2D eigenvalue weighted by Crippen LogP contribution is 2.42. The van der Waals surface area contributed by atoms with Gasteiger partial charge in [-0.05, 0) is 18.2 Å². The largest absolute Gasteiger partial charge is 0.339 e. The lowest BCUT2D eigenvalue weighted by Gasteiger charge is -2.27.